The average molecular weight is 134 g/mol. The minimum absolute atomic E-state index is 0.119. The van der Waals surface area contributed by atoms with Gasteiger partial charge >= 0.3 is 0 Å². The Kier molecular flexibility index (Phi) is 5.88. The van der Waals surface area contributed by atoms with E-state index < -0.39 is 0 Å². The molecule has 0 saturated carbocycles. The summed E-state index contributed by atoms with van der Waals surface area (Å²) in [6.45, 7) is 3.58. The third kappa shape index (κ3) is 4.36. The van der Waals surface area contributed by atoms with Crippen molar-refractivity contribution < 1.29 is 9.50 Å². The highest BCUT2D eigenvalue weighted by Gasteiger charge is 1.97. The summed E-state index contributed by atoms with van der Waals surface area (Å²) in [6, 6.07) is 0. The maximum absolute atomic E-state index is 11.6. The molecule has 9 heavy (non-hydrogen) atoms. The predicted octanol–water partition coefficient (Wildman–Crippen LogP) is 0.270. The number of aliphatic hydroxyl groups is 1. The number of rotatable bonds is 5. The molecule has 0 rings (SSSR count). The molecule has 0 aliphatic carbocycles. The molecule has 0 aromatic carbocycles. The quantitative estimate of drug-likeness (QED) is 0.583. The van der Waals surface area contributed by atoms with E-state index in [0.717, 1.165) is 6.54 Å². The summed E-state index contributed by atoms with van der Waals surface area (Å²) < 4.78 is 11.6. The van der Waals surface area contributed by atoms with Crippen molar-refractivity contribution in [1.82, 2.24) is 4.90 Å². The number of hydrogen-bond donors (Lipinski definition) is 1. The Morgan fingerprint density at radius 2 is 2.11 bits per heavy atom. The van der Waals surface area contributed by atoms with Gasteiger partial charge in [0.1, 0.15) is 6.67 Å². The van der Waals surface area contributed by atoms with Crippen molar-refractivity contribution in [2.24, 2.45) is 0 Å². The van der Waals surface area contributed by atoms with Crippen molar-refractivity contribution in [3.63, 3.8) is 0 Å². The van der Waals surface area contributed by atoms with Crippen LogP contribution < -0.4 is 0 Å². The van der Waals surface area contributed by atoms with Crippen molar-refractivity contribution in [3.8, 4) is 0 Å². The Hall–Kier alpha value is -0.150. The zero-order valence-corrected chi connectivity index (χ0v) is 5.81. The monoisotopic (exact) mass is 134 g/mol. The Morgan fingerprint density at radius 3 is 2.44 bits per heavy atom. The maximum Gasteiger partial charge on any atom is 0.102 e. The van der Waals surface area contributed by atoms with E-state index in [1.165, 1.54) is 0 Å². The van der Waals surface area contributed by atoms with E-state index in [4.69, 9.17) is 5.11 Å². The van der Waals surface area contributed by atoms with E-state index in [0.29, 0.717) is 13.1 Å². The maximum atomic E-state index is 11.6. The van der Waals surface area contributed by atoms with Gasteiger partial charge in [0.25, 0.3) is 0 Å². The van der Waals surface area contributed by atoms with Crippen molar-refractivity contribution in [1.29, 1.82) is 0 Å². The van der Waals surface area contributed by atoms with Crippen LogP contribution in [-0.4, -0.2) is 42.9 Å². The van der Waals surface area contributed by atoms with Crippen LogP contribution in [0, 0.1) is 0 Å². The zero-order valence-electron chi connectivity index (χ0n) is 5.81. The second-order valence-electron chi connectivity index (χ2n) is 1.85. The highest BCUT2D eigenvalue weighted by molar-refractivity contribution is 4.51. The number of alkyl halides is 1. The predicted molar refractivity (Wildman–Crippen MR) is 35.2 cm³/mol. The molecule has 0 radical (unpaired) electrons. The Morgan fingerprint density at radius 1 is 1.44 bits per heavy atom. The Balaban J connectivity index is 3.18. The van der Waals surface area contributed by atoms with Crippen molar-refractivity contribution in [3.05, 3.63) is 0 Å². The number of hydrogen-bond acceptors (Lipinski definition) is 2. The lowest BCUT2D eigenvalue weighted by Gasteiger charge is -2.15. The molecule has 0 aromatic heterocycles. The molecule has 3 heteroatoms. The molecule has 0 aromatic rings. The largest absolute Gasteiger partial charge is 0.395 e. The third-order valence-electron chi connectivity index (χ3n) is 1.26. The second kappa shape index (κ2) is 5.98. The fraction of sp³-hybridized carbons (Fsp3) is 1.00. The SMILES string of the molecule is CCN(CCO)CC[18F]. The Labute approximate surface area is 55.3 Å². The van der Waals surface area contributed by atoms with Gasteiger partial charge in [-0.25, -0.2) is 4.39 Å². The van der Waals surface area contributed by atoms with E-state index in [-0.39, 0.29) is 13.3 Å². The van der Waals surface area contributed by atoms with Gasteiger partial charge < -0.3 is 5.11 Å². The van der Waals surface area contributed by atoms with E-state index in [1.807, 2.05) is 11.8 Å². The minimum Gasteiger partial charge on any atom is -0.395 e. The number of likely N-dealkylation sites (N-methyl/N-ethyl adjacent to an activating group) is 1. The van der Waals surface area contributed by atoms with Gasteiger partial charge in [0, 0.05) is 13.1 Å². The van der Waals surface area contributed by atoms with Gasteiger partial charge in [0.15, 0.2) is 0 Å². The molecule has 0 amide bonds. The van der Waals surface area contributed by atoms with Crippen LogP contribution in [0.25, 0.3) is 0 Å². The number of halogens is 1. The molecule has 0 heterocycles. The molecule has 0 atom stereocenters. The van der Waals surface area contributed by atoms with Crippen LogP contribution in [0.15, 0.2) is 0 Å². The van der Waals surface area contributed by atoms with E-state index in [2.05, 4.69) is 0 Å². The van der Waals surface area contributed by atoms with Crippen LogP contribution in [0.3, 0.4) is 0 Å². The lowest BCUT2D eigenvalue weighted by atomic mass is 10.5. The van der Waals surface area contributed by atoms with Crippen LogP contribution >= 0.6 is 0 Å². The first-order valence-corrected chi connectivity index (χ1v) is 3.24. The van der Waals surface area contributed by atoms with Crippen LogP contribution in [0.5, 0.6) is 0 Å². The minimum atomic E-state index is -0.326. The van der Waals surface area contributed by atoms with Crippen molar-refractivity contribution in [2.75, 3.05) is 32.9 Å². The Bertz CT molecular complexity index is 55.0. The highest BCUT2D eigenvalue weighted by atomic mass is 18.2. The van der Waals surface area contributed by atoms with Gasteiger partial charge in [0.2, 0.25) is 0 Å². The number of aliphatic hydroxyl groups excluding tert-OH is 1. The second-order valence-corrected chi connectivity index (χ2v) is 1.85. The molecular weight excluding hydrogens is 120 g/mol. The molecule has 56 valence electrons. The third-order valence-corrected chi connectivity index (χ3v) is 1.26. The van der Waals surface area contributed by atoms with Crippen molar-refractivity contribution >= 4 is 0 Å². The average Bonchev–Trinajstić information content (AvgIpc) is 1.88. The van der Waals surface area contributed by atoms with Crippen LogP contribution in [-0.2, 0) is 0 Å². The van der Waals surface area contributed by atoms with Gasteiger partial charge in [-0.05, 0) is 6.54 Å². The van der Waals surface area contributed by atoms with E-state index in [9.17, 15) is 4.39 Å². The summed E-state index contributed by atoms with van der Waals surface area (Å²) in [5.74, 6) is 0. The fourth-order valence-electron chi connectivity index (χ4n) is 0.689. The van der Waals surface area contributed by atoms with Crippen LogP contribution in [0.2, 0.25) is 0 Å². The van der Waals surface area contributed by atoms with E-state index in [1.54, 1.807) is 0 Å². The summed E-state index contributed by atoms with van der Waals surface area (Å²) in [7, 11) is 0. The molecule has 0 aliphatic rings. The smallest absolute Gasteiger partial charge is 0.102 e. The molecule has 2 nitrogen and oxygen atoms in total. The molecule has 0 spiro atoms. The van der Waals surface area contributed by atoms with E-state index >= 15 is 0 Å². The summed E-state index contributed by atoms with van der Waals surface area (Å²) in [5.41, 5.74) is 0. The zero-order chi connectivity index (χ0) is 7.11. The lowest BCUT2D eigenvalue weighted by Crippen LogP contribution is -2.28. The highest BCUT2D eigenvalue weighted by Crippen LogP contribution is 1.85. The molecule has 0 bridgehead atoms. The molecule has 0 unspecified atom stereocenters. The standard InChI is InChI=1S/C6H14FNO/c1-2-8(4-3-7)5-6-9/h9H,2-6H2,1H3/i7-1. The summed E-state index contributed by atoms with van der Waals surface area (Å²) in [6.07, 6.45) is 0. The normalized spacial score (nSPS) is 10.7. The topological polar surface area (TPSA) is 23.5 Å². The van der Waals surface area contributed by atoms with Gasteiger partial charge in [0.05, 0.1) is 6.61 Å². The molecule has 0 fully saturated rings. The lowest BCUT2D eigenvalue weighted by molar-refractivity contribution is 0.192. The molecule has 1 N–H and O–H groups in total. The van der Waals surface area contributed by atoms with Crippen LogP contribution in [0.1, 0.15) is 6.92 Å². The van der Waals surface area contributed by atoms with Crippen LogP contribution in [0.4, 0.5) is 4.39 Å². The fourth-order valence-corrected chi connectivity index (χ4v) is 0.689. The molecule has 0 aliphatic heterocycles. The van der Waals surface area contributed by atoms with Gasteiger partial charge in [-0.1, -0.05) is 6.92 Å². The molecule has 0 saturated heterocycles. The van der Waals surface area contributed by atoms with Gasteiger partial charge in [-0.15, -0.1) is 0 Å². The number of nitrogens with zero attached hydrogens (tertiary/aromatic N) is 1. The van der Waals surface area contributed by atoms with Gasteiger partial charge in [-0.3, -0.25) is 4.90 Å². The molecular formula is C6H14FNO. The van der Waals surface area contributed by atoms with Gasteiger partial charge in [-0.2, -0.15) is 0 Å². The van der Waals surface area contributed by atoms with Crippen molar-refractivity contribution in [2.45, 2.75) is 6.92 Å². The summed E-state index contributed by atoms with van der Waals surface area (Å²) >= 11 is 0. The summed E-state index contributed by atoms with van der Waals surface area (Å²) in [4.78, 5) is 1.86. The first-order valence-electron chi connectivity index (χ1n) is 3.24. The first kappa shape index (κ1) is 8.85. The summed E-state index contributed by atoms with van der Waals surface area (Å²) in [5, 5.41) is 8.43. The first-order chi connectivity index (χ1) is 4.35.